The predicted molar refractivity (Wildman–Crippen MR) is 159 cm³/mol. The van der Waals surface area contributed by atoms with E-state index in [9.17, 15) is 28.0 Å². The molecule has 11 heteroatoms. The summed E-state index contributed by atoms with van der Waals surface area (Å²) in [5.74, 6) is -3.41. The fourth-order valence-corrected chi connectivity index (χ4v) is 4.05. The van der Waals surface area contributed by atoms with Crippen LogP contribution in [-0.2, 0) is 9.53 Å². The molecule has 0 aromatic heterocycles. The first-order valence-electron chi connectivity index (χ1n) is 13.2. The summed E-state index contributed by atoms with van der Waals surface area (Å²) < 4.78 is 46.8. The third-order valence-electron chi connectivity index (χ3n) is 5.87. The molecule has 0 aliphatic heterocycles. The van der Waals surface area contributed by atoms with Gasteiger partial charge in [0.2, 0.25) is 0 Å². The summed E-state index contributed by atoms with van der Waals surface area (Å²) in [5.41, 5.74) is 0.278. The Bertz CT molecular complexity index is 1260. The number of carbonyl (C=O) groups is 2. The number of amides is 1. The van der Waals surface area contributed by atoms with Gasteiger partial charge in [0.05, 0.1) is 29.4 Å². The van der Waals surface area contributed by atoms with Gasteiger partial charge >= 0.3 is 12.1 Å². The molecule has 0 spiro atoms. The second kappa shape index (κ2) is 17.5. The predicted octanol–water partition coefficient (Wildman–Crippen LogP) is 8.18. The number of carboxylic acids is 1. The van der Waals surface area contributed by atoms with Crippen LogP contribution in [0.2, 0.25) is 0 Å². The van der Waals surface area contributed by atoms with Crippen molar-refractivity contribution in [2.75, 3.05) is 6.54 Å². The Morgan fingerprint density at radius 2 is 1.83 bits per heavy atom. The van der Waals surface area contributed by atoms with Crippen molar-refractivity contribution >= 4 is 35.1 Å². The summed E-state index contributed by atoms with van der Waals surface area (Å²) >= 11 is 12.0. The summed E-state index contributed by atoms with van der Waals surface area (Å²) in [5, 5.41) is 19.4. The number of nitrogens with zero attached hydrogens (tertiary/aromatic N) is 1. The van der Waals surface area contributed by atoms with Crippen molar-refractivity contribution in [2.45, 2.75) is 64.1 Å². The van der Waals surface area contributed by atoms with Gasteiger partial charge in [-0.05, 0) is 48.4 Å². The number of halogens is 5. The highest BCUT2D eigenvalue weighted by Gasteiger charge is 2.43. The van der Waals surface area contributed by atoms with E-state index in [1.807, 2.05) is 0 Å². The van der Waals surface area contributed by atoms with Crippen molar-refractivity contribution in [3.05, 3.63) is 94.3 Å². The van der Waals surface area contributed by atoms with Crippen molar-refractivity contribution in [3.8, 4) is 6.07 Å². The quantitative estimate of drug-likeness (QED) is 0.190. The van der Waals surface area contributed by atoms with Gasteiger partial charge in [0.1, 0.15) is 11.9 Å². The van der Waals surface area contributed by atoms with Crippen LogP contribution < -0.4 is 5.32 Å². The monoisotopic (exact) mass is 626 g/mol. The Kier molecular flexibility index (Phi) is 15.2. The molecule has 1 amide bonds. The van der Waals surface area contributed by atoms with Gasteiger partial charge in [0, 0.05) is 23.1 Å². The van der Waals surface area contributed by atoms with E-state index in [0.29, 0.717) is 21.7 Å². The van der Waals surface area contributed by atoms with Gasteiger partial charge in [0.25, 0.3) is 5.91 Å². The molecule has 0 heterocycles. The molecule has 4 atom stereocenters. The molecular weight excluding hydrogens is 592 g/mol. The van der Waals surface area contributed by atoms with Crippen LogP contribution in [0.25, 0.3) is 0 Å². The maximum atomic E-state index is 13.6. The molecule has 4 unspecified atom stereocenters. The number of alkyl halides is 4. The van der Waals surface area contributed by atoms with Crippen molar-refractivity contribution in [1.29, 1.82) is 5.26 Å². The van der Waals surface area contributed by atoms with E-state index in [0.717, 1.165) is 6.08 Å². The Morgan fingerprint density at radius 3 is 2.33 bits per heavy atom. The van der Waals surface area contributed by atoms with Crippen LogP contribution in [0.15, 0.2) is 83.2 Å². The number of carbonyl (C=O) groups excluding carboxylic acids is 1. The van der Waals surface area contributed by atoms with E-state index in [-0.39, 0.29) is 18.7 Å². The molecule has 2 rings (SSSR count). The standard InChI is InChI=1S/C28H27Cl2F3N2O4.C3H8/c1-4-21(29)10-5-16(2)26(39-22-13-20(15-34)25(30)23(14-22)28(31,32)33)17(3)18-6-8-19(9-7-18)27(38)35-12-11-24(36)37;1-3-2/h4-10,13-14,17,20,25-26H,2,11-12H2,1,3H3,(H,35,38)(H,36,37);3H2,1-2H3/b10-5-,21-4+;. The maximum Gasteiger partial charge on any atom is 0.414 e. The SMILES string of the molecule is C=C(/C=C\C(Cl)=C/C)C(OC1=CC(C#N)C(Cl)C(C(F)(F)F)=C1)C(C)c1ccc(C(=O)NCCC(=O)O)cc1.CCC. The molecule has 1 aromatic rings. The Labute approximate surface area is 254 Å². The van der Waals surface area contributed by atoms with Gasteiger partial charge in [-0.1, -0.05) is 69.7 Å². The topological polar surface area (TPSA) is 99.4 Å². The number of carboxylic acid groups (broad SMARTS) is 1. The number of rotatable bonds is 11. The Hall–Kier alpha value is -3.48. The summed E-state index contributed by atoms with van der Waals surface area (Å²) in [4.78, 5) is 22.9. The van der Waals surface area contributed by atoms with E-state index < -0.39 is 46.9 Å². The number of aliphatic carboxylic acids is 1. The van der Waals surface area contributed by atoms with Crippen molar-refractivity contribution < 1.29 is 32.6 Å². The smallest absolute Gasteiger partial charge is 0.414 e. The molecular formula is C31H35Cl2F3N2O4. The van der Waals surface area contributed by atoms with Crippen LogP contribution in [-0.4, -0.2) is 41.2 Å². The molecule has 228 valence electrons. The largest absolute Gasteiger partial charge is 0.485 e. The number of benzene rings is 1. The van der Waals surface area contributed by atoms with E-state index in [2.05, 4.69) is 25.7 Å². The zero-order valence-corrected chi connectivity index (χ0v) is 25.4. The molecule has 6 nitrogen and oxygen atoms in total. The van der Waals surface area contributed by atoms with Gasteiger partial charge < -0.3 is 15.2 Å². The molecule has 1 aromatic carbocycles. The lowest BCUT2D eigenvalue weighted by Gasteiger charge is -2.30. The average Bonchev–Trinajstić information content (AvgIpc) is 2.94. The van der Waals surface area contributed by atoms with E-state index >= 15 is 0 Å². The highest BCUT2D eigenvalue weighted by molar-refractivity contribution is 6.31. The van der Waals surface area contributed by atoms with Crippen LogP contribution >= 0.6 is 23.2 Å². The minimum Gasteiger partial charge on any atom is -0.485 e. The molecule has 0 bridgehead atoms. The number of nitriles is 1. The number of nitrogens with one attached hydrogen (secondary N) is 1. The first-order valence-corrected chi connectivity index (χ1v) is 14.0. The Balaban J connectivity index is 0.00000281. The number of hydrogen-bond acceptors (Lipinski definition) is 4. The number of allylic oxidation sites excluding steroid dienone is 6. The molecule has 0 saturated carbocycles. The van der Waals surface area contributed by atoms with Crippen LogP contribution in [0.5, 0.6) is 0 Å². The summed E-state index contributed by atoms with van der Waals surface area (Å²) in [6, 6.07) is 8.17. The molecule has 0 fully saturated rings. The van der Waals surface area contributed by atoms with E-state index in [4.69, 9.17) is 33.0 Å². The fraction of sp³-hybridized carbons (Fsp3) is 0.387. The van der Waals surface area contributed by atoms with Crippen LogP contribution in [0.1, 0.15) is 62.4 Å². The maximum absolute atomic E-state index is 13.6. The van der Waals surface area contributed by atoms with Gasteiger partial charge in [-0.3, -0.25) is 9.59 Å². The van der Waals surface area contributed by atoms with Crippen molar-refractivity contribution in [3.63, 3.8) is 0 Å². The third-order valence-corrected chi connectivity index (χ3v) is 6.72. The lowest BCUT2D eigenvalue weighted by molar-refractivity contribution is -0.136. The normalized spacial score (nSPS) is 18.4. The van der Waals surface area contributed by atoms with Crippen molar-refractivity contribution in [2.24, 2.45) is 5.92 Å². The minimum atomic E-state index is -4.76. The summed E-state index contributed by atoms with van der Waals surface area (Å²) in [6.45, 7) is 11.7. The highest BCUT2D eigenvalue weighted by atomic mass is 35.5. The van der Waals surface area contributed by atoms with E-state index in [1.165, 1.54) is 12.5 Å². The zero-order valence-electron chi connectivity index (χ0n) is 23.8. The number of ether oxygens (including phenoxy) is 1. The Morgan fingerprint density at radius 1 is 1.24 bits per heavy atom. The van der Waals surface area contributed by atoms with Gasteiger partial charge in [0.15, 0.2) is 0 Å². The first kappa shape index (κ1) is 36.5. The highest BCUT2D eigenvalue weighted by Crippen LogP contribution is 2.40. The summed E-state index contributed by atoms with van der Waals surface area (Å²) in [7, 11) is 0. The molecule has 42 heavy (non-hydrogen) atoms. The van der Waals surface area contributed by atoms with Gasteiger partial charge in [-0.25, -0.2) is 0 Å². The molecule has 0 saturated heterocycles. The lowest BCUT2D eigenvalue weighted by Crippen LogP contribution is -2.30. The van der Waals surface area contributed by atoms with Crippen molar-refractivity contribution in [1.82, 2.24) is 5.32 Å². The first-order chi connectivity index (χ1) is 19.7. The second-order valence-corrected chi connectivity index (χ2v) is 10.3. The molecule has 1 aliphatic carbocycles. The van der Waals surface area contributed by atoms with Crippen LogP contribution in [0.3, 0.4) is 0 Å². The van der Waals surface area contributed by atoms with Gasteiger partial charge in [-0.15, -0.1) is 11.6 Å². The average molecular weight is 628 g/mol. The fourth-order valence-electron chi connectivity index (χ4n) is 3.67. The van der Waals surface area contributed by atoms with Gasteiger partial charge in [-0.2, -0.15) is 18.4 Å². The van der Waals surface area contributed by atoms with Crippen LogP contribution in [0, 0.1) is 17.2 Å². The second-order valence-electron chi connectivity index (χ2n) is 9.36. The summed E-state index contributed by atoms with van der Waals surface area (Å²) in [6.07, 6.45) is 2.20. The van der Waals surface area contributed by atoms with E-state index in [1.54, 1.807) is 62.4 Å². The molecule has 2 N–H and O–H groups in total. The lowest BCUT2D eigenvalue weighted by atomic mass is 9.89. The zero-order chi connectivity index (χ0) is 32.0. The molecule has 1 aliphatic rings. The minimum absolute atomic E-state index is 0.0292. The molecule has 0 radical (unpaired) electrons. The number of hydrogen-bond donors (Lipinski definition) is 2. The third kappa shape index (κ3) is 11.4. The van der Waals surface area contributed by atoms with Crippen LogP contribution in [0.4, 0.5) is 13.2 Å².